The molecule has 1 aliphatic rings. The van der Waals surface area contributed by atoms with Gasteiger partial charge in [-0.25, -0.2) is 16.8 Å². The highest BCUT2D eigenvalue weighted by molar-refractivity contribution is 7.90. The molecule has 1 heterocycles. The van der Waals surface area contributed by atoms with Gasteiger partial charge < -0.3 is 10.6 Å². The number of sulfone groups is 1. The molecule has 0 atom stereocenters. The number of sulfonamides is 1. The minimum atomic E-state index is -5.29. The van der Waals surface area contributed by atoms with Crippen LogP contribution in [0, 0.1) is 0 Å². The van der Waals surface area contributed by atoms with Crippen LogP contribution in [-0.2, 0) is 19.9 Å². The second-order valence-electron chi connectivity index (χ2n) is 5.75. The van der Waals surface area contributed by atoms with Crippen LogP contribution in [0.1, 0.15) is 19.3 Å². The van der Waals surface area contributed by atoms with Crippen molar-refractivity contribution in [3.05, 3.63) is 0 Å². The summed E-state index contributed by atoms with van der Waals surface area (Å²) < 4.78 is 82.8. The smallest absolute Gasteiger partial charge is 0.356 e. The van der Waals surface area contributed by atoms with Gasteiger partial charge in [-0.05, 0) is 19.3 Å². The minimum Gasteiger partial charge on any atom is -0.356 e. The molecule has 8 nitrogen and oxygen atoms in total. The molecule has 0 unspecified atom stereocenters. The number of aliphatic imine (C=N–C) groups is 1. The molecule has 0 aromatic rings. The maximum absolute atomic E-state index is 12.5. The molecule has 1 fully saturated rings. The van der Waals surface area contributed by atoms with Gasteiger partial charge in [0.25, 0.3) is 0 Å². The molecule has 0 bridgehead atoms. The lowest BCUT2D eigenvalue weighted by Crippen LogP contribution is -2.51. The van der Waals surface area contributed by atoms with Crippen LogP contribution in [0.4, 0.5) is 13.2 Å². The summed E-state index contributed by atoms with van der Waals surface area (Å²) in [6.07, 6.45) is 1.95. The average molecular weight is 408 g/mol. The van der Waals surface area contributed by atoms with Crippen LogP contribution in [0.2, 0.25) is 0 Å². The van der Waals surface area contributed by atoms with Crippen molar-refractivity contribution in [2.24, 2.45) is 4.99 Å². The average Bonchev–Trinajstić information content (AvgIpc) is 2.48. The predicted octanol–water partition coefficient (Wildman–Crippen LogP) is -0.0999. The van der Waals surface area contributed by atoms with E-state index in [1.807, 2.05) is 0 Å². The Morgan fingerprint density at radius 3 is 2.20 bits per heavy atom. The zero-order valence-electron chi connectivity index (χ0n) is 14.0. The van der Waals surface area contributed by atoms with Gasteiger partial charge in [0.1, 0.15) is 9.84 Å². The second kappa shape index (κ2) is 8.54. The van der Waals surface area contributed by atoms with Crippen molar-refractivity contribution >= 4 is 25.8 Å². The van der Waals surface area contributed by atoms with Crippen LogP contribution in [0.15, 0.2) is 4.99 Å². The number of piperidine rings is 1. The van der Waals surface area contributed by atoms with Crippen molar-refractivity contribution in [2.45, 2.75) is 30.8 Å². The number of rotatable bonds is 6. The summed E-state index contributed by atoms with van der Waals surface area (Å²) in [5.74, 6) is 0.427. The van der Waals surface area contributed by atoms with Gasteiger partial charge in [-0.2, -0.15) is 17.5 Å². The summed E-state index contributed by atoms with van der Waals surface area (Å²) >= 11 is 0. The first-order valence-electron chi connectivity index (χ1n) is 7.58. The fourth-order valence-corrected chi connectivity index (χ4v) is 3.97. The molecule has 0 aliphatic carbocycles. The number of hydrogen-bond donors (Lipinski definition) is 2. The molecule has 0 aromatic heterocycles. The summed E-state index contributed by atoms with van der Waals surface area (Å²) in [5.41, 5.74) is -5.29. The highest BCUT2D eigenvalue weighted by atomic mass is 32.2. The number of nitrogens with one attached hydrogen (secondary N) is 2. The summed E-state index contributed by atoms with van der Waals surface area (Å²) in [5, 5.41) is 5.92. The molecule has 148 valence electrons. The Bertz CT molecular complexity index is 669. The molecule has 25 heavy (non-hydrogen) atoms. The van der Waals surface area contributed by atoms with Gasteiger partial charge in [-0.15, -0.1) is 0 Å². The molecule has 0 radical (unpaired) electrons. The predicted molar refractivity (Wildman–Crippen MR) is 88.4 cm³/mol. The van der Waals surface area contributed by atoms with Crippen LogP contribution in [0.3, 0.4) is 0 Å². The molecule has 0 amide bonds. The van der Waals surface area contributed by atoms with E-state index in [0.717, 1.165) is 6.26 Å². The number of guanidine groups is 1. The lowest BCUT2D eigenvalue weighted by Gasteiger charge is -2.32. The minimum absolute atomic E-state index is 0.0324. The molecule has 0 aromatic carbocycles. The fraction of sp³-hybridized carbons (Fsp3) is 0.917. The molecule has 0 spiro atoms. The maximum Gasteiger partial charge on any atom is 0.511 e. The SMILES string of the molecule is CN=C(NCCCS(C)(=O)=O)NC1CCN(S(=O)(=O)C(F)(F)F)CC1. The molecular weight excluding hydrogens is 385 g/mol. The van der Waals surface area contributed by atoms with E-state index in [2.05, 4.69) is 15.6 Å². The van der Waals surface area contributed by atoms with E-state index < -0.39 is 25.4 Å². The van der Waals surface area contributed by atoms with Crippen LogP contribution in [0.5, 0.6) is 0 Å². The third-order valence-corrected chi connectivity index (χ3v) is 6.30. The molecule has 0 saturated carbocycles. The summed E-state index contributed by atoms with van der Waals surface area (Å²) in [7, 11) is -6.82. The van der Waals surface area contributed by atoms with Crippen LogP contribution < -0.4 is 10.6 Å². The van der Waals surface area contributed by atoms with Crippen molar-refractivity contribution in [3.8, 4) is 0 Å². The number of nitrogens with zero attached hydrogens (tertiary/aromatic N) is 2. The third kappa shape index (κ3) is 6.98. The molecule has 13 heteroatoms. The van der Waals surface area contributed by atoms with E-state index in [4.69, 9.17) is 0 Å². The van der Waals surface area contributed by atoms with E-state index >= 15 is 0 Å². The van der Waals surface area contributed by atoms with Crippen molar-refractivity contribution in [2.75, 3.05) is 38.7 Å². The molecule has 1 aliphatic heterocycles. The zero-order chi connectivity index (χ0) is 19.3. The van der Waals surface area contributed by atoms with Crippen molar-refractivity contribution < 1.29 is 30.0 Å². The maximum atomic E-state index is 12.5. The topological polar surface area (TPSA) is 108 Å². The number of alkyl halides is 3. The summed E-state index contributed by atoms with van der Waals surface area (Å²) in [6, 6.07) is -0.221. The molecule has 1 saturated heterocycles. The van der Waals surface area contributed by atoms with Gasteiger partial charge in [0.15, 0.2) is 5.96 Å². The van der Waals surface area contributed by atoms with Crippen LogP contribution in [0.25, 0.3) is 0 Å². The Hall–Kier alpha value is -1.08. The Morgan fingerprint density at radius 1 is 1.20 bits per heavy atom. The van der Waals surface area contributed by atoms with E-state index in [9.17, 15) is 30.0 Å². The van der Waals surface area contributed by atoms with Crippen molar-refractivity contribution in [1.29, 1.82) is 0 Å². The van der Waals surface area contributed by atoms with Crippen LogP contribution in [-0.4, -0.2) is 77.3 Å². The van der Waals surface area contributed by atoms with Gasteiger partial charge in [0.2, 0.25) is 0 Å². The first kappa shape index (κ1) is 22.0. The highest BCUT2D eigenvalue weighted by Gasteiger charge is 2.50. The Balaban J connectivity index is 2.44. The standard InChI is InChI=1S/C12H23F3N4O4S2/c1-16-11(17-6-3-9-24(2,20)21)18-10-4-7-19(8-5-10)25(22,23)12(13,14)15/h10H,3-9H2,1-2H3,(H2,16,17,18). The normalized spacial score (nSPS) is 19.0. The summed E-state index contributed by atoms with van der Waals surface area (Å²) in [6.45, 7) is -0.0940. The first-order valence-corrected chi connectivity index (χ1v) is 11.1. The second-order valence-corrected chi connectivity index (χ2v) is 9.94. The van der Waals surface area contributed by atoms with Crippen molar-refractivity contribution in [3.63, 3.8) is 0 Å². The Morgan fingerprint density at radius 2 is 1.76 bits per heavy atom. The monoisotopic (exact) mass is 408 g/mol. The third-order valence-electron chi connectivity index (χ3n) is 3.64. The van der Waals surface area contributed by atoms with Crippen molar-refractivity contribution in [1.82, 2.24) is 14.9 Å². The fourth-order valence-electron chi connectivity index (χ4n) is 2.32. The van der Waals surface area contributed by atoms with E-state index in [1.54, 1.807) is 0 Å². The van der Waals surface area contributed by atoms with Gasteiger partial charge in [-0.1, -0.05) is 0 Å². The molecular formula is C12H23F3N4O4S2. The van der Waals surface area contributed by atoms with Crippen LogP contribution >= 0.6 is 0 Å². The highest BCUT2D eigenvalue weighted by Crippen LogP contribution is 2.28. The zero-order valence-corrected chi connectivity index (χ0v) is 15.6. The largest absolute Gasteiger partial charge is 0.511 e. The number of halogens is 3. The van der Waals surface area contributed by atoms with Gasteiger partial charge in [-0.3, -0.25) is 4.99 Å². The van der Waals surface area contributed by atoms with E-state index in [-0.39, 0.29) is 37.7 Å². The quantitative estimate of drug-likeness (QED) is 0.361. The first-order chi connectivity index (χ1) is 11.4. The van der Waals surface area contributed by atoms with Gasteiger partial charge in [0, 0.05) is 39.0 Å². The van der Waals surface area contributed by atoms with E-state index in [0.29, 0.717) is 23.2 Å². The van der Waals surface area contributed by atoms with Gasteiger partial charge >= 0.3 is 15.5 Å². The van der Waals surface area contributed by atoms with Gasteiger partial charge in [0.05, 0.1) is 5.75 Å². The molecule has 2 N–H and O–H groups in total. The lowest BCUT2D eigenvalue weighted by atomic mass is 10.1. The lowest BCUT2D eigenvalue weighted by molar-refractivity contribution is -0.0494. The van der Waals surface area contributed by atoms with E-state index in [1.165, 1.54) is 7.05 Å². The number of hydrogen-bond acceptors (Lipinski definition) is 5. The Kier molecular flexibility index (Phi) is 7.50. The summed E-state index contributed by atoms with van der Waals surface area (Å²) in [4.78, 5) is 3.96. The Labute approximate surface area is 145 Å². The molecule has 1 rings (SSSR count).